The van der Waals surface area contributed by atoms with Crippen molar-refractivity contribution in [1.82, 2.24) is 4.90 Å². The third-order valence-electron chi connectivity index (χ3n) is 2.77. The Balaban J connectivity index is 2.00. The molecule has 0 N–H and O–H groups in total. The minimum atomic E-state index is -0.292. The number of amides is 2. The quantitative estimate of drug-likeness (QED) is 0.735. The fourth-order valence-corrected chi connectivity index (χ4v) is 2.99. The van der Waals surface area contributed by atoms with Crippen molar-refractivity contribution < 1.29 is 19.1 Å². The van der Waals surface area contributed by atoms with Gasteiger partial charge in [-0.15, -0.1) is 0 Å². The molecule has 1 saturated heterocycles. The van der Waals surface area contributed by atoms with Crippen molar-refractivity contribution in [2.45, 2.75) is 0 Å². The molecular weight excluding hydrogens is 334 g/mol. The minimum absolute atomic E-state index is 0.191. The van der Waals surface area contributed by atoms with Crippen LogP contribution in [0.15, 0.2) is 21.5 Å². The Labute approximate surface area is 121 Å². The summed E-state index contributed by atoms with van der Waals surface area (Å²) >= 11 is 4.33. The monoisotopic (exact) mass is 341 g/mol. The van der Waals surface area contributed by atoms with E-state index in [1.54, 1.807) is 18.2 Å². The molecule has 2 heterocycles. The molecule has 1 fully saturated rings. The topological polar surface area (TPSA) is 55.8 Å². The smallest absolute Gasteiger partial charge is 0.293 e. The van der Waals surface area contributed by atoms with E-state index in [4.69, 9.17) is 9.47 Å². The molecule has 0 spiro atoms. The summed E-state index contributed by atoms with van der Waals surface area (Å²) in [5, 5.41) is -0.270. The number of imide groups is 1. The molecule has 19 heavy (non-hydrogen) atoms. The van der Waals surface area contributed by atoms with Crippen LogP contribution in [-0.2, 0) is 4.79 Å². The van der Waals surface area contributed by atoms with Gasteiger partial charge in [-0.25, -0.2) is 0 Å². The molecule has 2 aliphatic rings. The van der Waals surface area contributed by atoms with Gasteiger partial charge in [-0.2, -0.15) is 0 Å². The van der Waals surface area contributed by atoms with Gasteiger partial charge in [0.05, 0.1) is 4.91 Å². The number of ether oxygens (including phenoxy) is 2. The highest BCUT2D eigenvalue weighted by Crippen LogP contribution is 2.39. The SMILES string of the molecule is CN1C(=O)S/C(=C\c2cc3c(cc2Br)OCO3)C1=O. The summed E-state index contributed by atoms with van der Waals surface area (Å²) in [5.41, 5.74) is 0.767. The standard InChI is InChI=1S/C12H8BrNO4S/c1-14-11(15)10(19-12(14)16)3-6-2-8-9(4-7(6)13)18-5-17-8/h2-4H,5H2,1H3/b10-3-. The van der Waals surface area contributed by atoms with Crippen molar-refractivity contribution in [3.05, 3.63) is 27.1 Å². The number of carbonyl (C=O) groups excluding carboxylic acids is 2. The van der Waals surface area contributed by atoms with Crippen molar-refractivity contribution in [3.8, 4) is 11.5 Å². The lowest BCUT2D eigenvalue weighted by molar-refractivity contribution is -0.121. The predicted octanol–water partition coefficient (Wildman–Crippen LogP) is 2.84. The lowest BCUT2D eigenvalue weighted by atomic mass is 10.2. The van der Waals surface area contributed by atoms with Gasteiger partial charge in [0.1, 0.15) is 0 Å². The predicted molar refractivity (Wildman–Crippen MR) is 74.0 cm³/mol. The van der Waals surface area contributed by atoms with Gasteiger partial charge in [0, 0.05) is 11.5 Å². The van der Waals surface area contributed by atoms with E-state index in [9.17, 15) is 9.59 Å². The number of hydrogen-bond donors (Lipinski definition) is 0. The fourth-order valence-electron chi connectivity index (χ4n) is 1.73. The zero-order chi connectivity index (χ0) is 13.6. The number of thioether (sulfide) groups is 1. The zero-order valence-corrected chi connectivity index (χ0v) is 12.2. The summed E-state index contributed by atoms with van der Waals surface area (Å²) in [6.45, 7) is 0.191. The molecule has 2 aliphatic heterocycles. The number of carbonyl (C=O) groups is 2. The normalized spacial score (nSPS) is 19.7. The van der Waals surface area contributed by atoms with Crippen molar-refractivity contribution in [1.29, 1.82) is 0 Å². The van der Waals surface area contributed by atoms with E-state index in [0.717, 1.165) is 26.7 Å². The molecule has 3 rings (SSSR count). The maximum atomic E-state index is 11.8. The molecule has 7 heteroatoms. The van der Waals surface area contributed by atoms with Crippen LogP contribution in [0.4, 0.5) is 4.79 Å². The Bertz CT molecular complexity index is 628. The minimum Gasteiger partial charge on any atom is -0.454 e. The van der Waals surface area contributed by atoms with Crippen molar-refractivity contribution in [2.24, 2.45) is 0 Å². The molecule has 0 aromatic heterocycles. The van der Waals surface area contributed by atoms with Crippen LogP contribution >= 0.6 is 27.7 Å². The van der Waals surface area contributed by atoms with Gasteiger partial charge in [0.15, 0.2) is 11.5 Å². The lowest BCUT2D eigenvalue weighted by Gasteiger charge is -2.03. The highest BCUT2D eigenvalue weighted by atomic mass is 79.9. The number of benzene rings is 1. The van der Waals surface area contributed by atoms with Gasteiger partial charge in [-0.1, -0.05) is 15.9 Å². The first kappa shape index (κ1) is 12.6. The average molecular weight is 342 g/mol. The molecule has 0 saturated carbocycles. The largest absolute Gasteiger partial charge is 0.454 e. The number of fused-ring (bicyclic) bond motifs is 1. The van der Waals surface area contributed by atoms with Gasteiger partial charge in [-0.05, 0) is 35.5 Å². The average Bonchev–Trinajstić information content (AvgIpc) is 2.91. The van der Waals surface area contributed by atoms with Crippen LogP contribution in [0.2, 0.25) is 0 Å². The maximum Gasteiger partial charge on any atom is 0.293 e. The number of halogens is 1. The summed E-state index contributed by atoms with van der Waals surface area (Å²) in [5.74, 6) is 0.998. The molecule has 2 amide bonds. The molecule has 5 nitrogen and oxygen atoms in total. The van der Waals surface area contributed by atoms with Crippen molar-refractivity contribution in [2.75, 3.05) is 13.8 Å². The third-order valence-corrected chi connectivity index (χ3v) is 4.41. The van der Waals surface area contributed by atoms with Gasteiger partial charge >= 0.3 is 0 Å². The van der Waals surface area contributed by atoms with E-state index in [2.05, 4.69) is 15.9 Å². The molecule has 0 aliphatic carbocycles. The van der Waals surface area contributed by atoms with Gasteiger partial charge in [0.2, 0.25) is 6.79 Å². The van der Waals surface area contributed by atoms with Crippen molar-refractivity contribution in [3.63, 3.8) is 0 Å². The second-order valence-electron chi connectivity index (χ2n) is 3.97. The Morgan fingerprint density at radius 2 is 2.00 bits per heavy atom. The number of likely N-dealkylation sites (N-methyl/N-ethyl adjacent to an activating group) is 1. The van der Waals surface area contributed by atoms with Crippen LogP contribution in [0.25, 0.3) is 6.08 Å². The Morgan fingerprint density at radius 3 is 2.63 bits per heavy atom. The van der Waals surface area contributed by atoms with Crippen LogP contribution in [0.5, 0.6) is 11.5 Å². The Morgan fingerprint density at radius 1 is 1.32 bits per heavy atom. The molecule has 0 bridgehead atoms. The highest BCUT2D eigenvalue weighted by molar-refractivity contribution is 9.10. The van der Waals surface area contributed by atoms with Crippen LogP contribution in [0.1, 0.15) is 5.56 Å². The molecule has 0 radical (unpaired) electrons. The van der Waals surface area contributed by atoms with Crippen LogP contribution in [-0.4, -0.2) is 29.9 Å². The zero-order valence-electron chi connectivity index (χ0n) is 9.81. The number of hydrogen-bond acceptors (Lipinski definition) is 5. The molecule has 0 atom stereocenters. The van der Waals surface area contributed by atoms with Crippen LogP contribution < -0.4 is 9.47 Å². The summed E-state index contributed by atoms with van der Waals surface area (Å²) in [6, 6.07) is 3.56. The number of nitrogens with zero attached hydrogens (tertiary/aromatic N) is 1. The first-order valence-electron chi connectivity index (χ1n) is 5.37. The third kappa shape index (κ3) is 2.12. The van der Waals surface area contributed by atoms with Gasteiger partial charge < -0.3 is 9.47 Å². The van der Waals surface area contributed by atoms with Crippen LogP contribution in [0.3, 0.4) is 0 Å². The lowest BCUT2D eigenvalue weighted by Crippen LogP contribution is -2.22. The van der Waals surface area contributed by atoms with Gasteiger partial charge in [0.25, 0.3) is 11.1 Å². The summed E-state index contributed by atoms with van der Waals surface area (Å²) in [4.78, 5) is 24.7. The van der Waals surface area contributed by atoms with Crippen molar-refractivity contribution >= 4 is 44.9 Å². The second-order valence-corrected chi connectivity index (χ2v) is 5.82. The summed E-state index contributed by atoms with van der Waals surface area (Å²) in [7, 11) is 1.47. The molecule has 1 aromatic rings. The Hall–Kier alpha value is -1.47. The van der Waals surface area contributed by atoms with E-state index in [0.29, 0.717) is 16.4 Å². The van der Waals surface area contributed by atoms with E-state index in [1.807, 2.05) is 0 Å². The van der Waals surface area contributed by atoms with Crippen LogP contribution in [0, 0.1) is 0 Å². The first-order valence-corrected chi connectivity index (χ1v) is 6.98. The first-order chi connectivity index (χ1) is 9.06. The fraction of sp³-hybridized carbons (Fsp3) is 0.167. The molecule has 98 valence electrons. The molecular formula is C12H8BrNO4S. The Kier molecular flexibility index (Phi) is 3.02. The van der Waals surface area contributed by atoms with E-state index >= 15 is 0 Å². The maximum absolute atomic E-state index is 11.8. The van der Waals surface area contributed by atoms with Gasteiger partial charge in [-0.3, -0.25) is 14.5 Å². The molecule has 0 unspecified atom stereocenters. The number of rotatable bonds is 1. The highest BCUT2D eigenvalue weighted by Gasteiger charge is 2.32. The second kappa shape index (κ2) is 4.57. The van der Waals surface area contributed by atoms with E-state index in [-0.39, 0.29) is 17.9 Å². The van der Waals surface area contributed by atoms with E-state index < -0.39 is 0 Å². The molecule has 1 aromatic carbocycles. The van der Waals surface area contributed by atoms with E-state index in [1.165, 1.54) is 7.05 Å². The summed E-state index contributed by atoms with van der Waals surface area (Å²) in [6.07, 6.45) is 1.67. The summed E-state index contributed by atoms with van der Waals surface area (Å²) < 4.78 is 11.3.